The molecular formula is C13H17O7P. The maximum absolute atomic E-state index is 11.6. The summed E-state index contributed by atoms with van der Waals surface area (Å²) in [5, 5.41) is 0. The Labute approximate surface area is 122 Å². The summed E-state index contributed by atoms with van der Waals surface area (Å²) in [5.41, 5.74) is 0.602. The molecule has 7 nitrogen and oxygen atoms in total. The Kier molecular flexibility index (Phi) is 6.55. The van der Waals surface area contributed by atoms with E-state index >= 15 is 0 Å². The Morgan fingerprint density at radius 3 is 2.33 bits per heavy atom. The number of hydrogen-bond donors (Lipinski definition) is 1. The molecule has 0 saturated heterocycles. The van der Waals surface area contributed by atoms with Crippen LogP contribution in [0.5, 0.6) is 5.75 Å². The molecule has 0 saturated carbocycles. The van der Waals surface area contributed by atoms with Crippen molar-refractivity contribution in [3.63, 3.8) is 0 Å². The standard InChI is InChI=1S/C13H17O7P/c1-3-12(14)20-11-6-4-10(5-7-11)8-19-21(16,17)9-13(15)18-2/h4-7H,3,8-9H2,1-2H3,(H,16,17). The molecule has 116 valence electrons. The van der Waals surface area contributed by atoms with Crippen molar-refractivity contribution >= 4 is 19.5 Å². The Hall–Kier alpha value is -1.69. The van der Waals surface area contributed by atoms with E-state index in [-0.39, 0.29) is 19.0 Å². The zero-order valence-electron chi connectivity index (χ0n) is 11.8. The normalized spacial score (nSPS) is 13.3. The SMILES string of the molecule is CCC(=O)Oc1ccc(COP(=O)(O)CC(=O)OC)cc1. The molecular weight excluding hydrogens is 299 g/mol. The molecule has 0 aliphatic heterocycles. The summed E-state index contributed by atoms with van der Waals surface area (Å²) in [5.74, 6) is -0.785. The molecule has 1 atom stereocenters. The van der Waals surface area contributed by atoms with Crippen LogP contribution in [0.2, 0.25) is 0 Å². The van der Waals surface area contributed by atoms with E-state index in [9.17, 15) is 19.0 Å². The maximum Gasteiger partial charge on any atom is 0.339 e. The topological polar surface area (TPSA) is 99.1 Å². The molecule has 0 bridgehead atoms. The minimum Gasteiger partial charge on any atom is -0.469 e. The van der Waals surface area contributed by atoms with Crippen molar-refractivity contribution in [2.75, 3.05) is 13.3 Å². The lowest BCUT2D eigenvalue weighted by atomic mass is 10.2. The summed E-state index contributed by atoms with van der Waals surface area (Å²) in [6, 6.07) is 6.29. The molecule has 8 heteroatoms. The summed E-state index contributed by atoms with van der Waals surface area (Å²) in [6.07, 6.45) is -0.429. The van der Waals surface area contributed by atoms with Crippen molar-refractivity contribution in [2.45, 2.75) is 20.0 Å². The van der Waals surface area contributed by atoms with E-state index in [1.165, 1.54) is 0 Å². The van der Waals surface area contributed by atoms with Gasteiger partial charge in [-0.25, -0.2) is 0 Å². The smallest absolute Gasteiger partial charge is 0.339 e. The van der Waals surface area contributed by atoms with Gasteiger partial charge >= 0.3 is 19.5 Å². The monoisotopic (exact) mass is 316 g/mol. The number of carbonyl (C=O) groups excluding carboxylic acids is 2. The van der Waals surface area contributed by atoms with Crippen LogP contribution in [0.1, 0.15) is 18.9 Å². The first kappa shape index (κ1) is 17.4. The van der Waals surface area contributed by atoms with Crippen LogP contribution in [0.3, 0.4) is 0 Å². The second-order valence-corrected chi connectivity index (χ2v) is 5.97. The highest BCUT2D eigenvalue weighted by Crippen LogP contribution is 2.42. The molecule has 0 spiro atoms. The first-order valence-electron chi connectivity index (χ1n) is 6.19. The van der Waals surface area contributed by atoms with E-state index in [1.54, 1.807) is 31.2 Å². The van der Waals surface area contributed by atoms with Crippen molar-refractivity contribution in [1.82, 2.24) is 0 Å². The van der Waals surface area contributed by atoms with Gasteiger partial charge < -0.3 is 18.9 Å². The van der Waals surface area contributed by atoms with Gasteiger partial charge in [-0.3, -0.25) is 14.2 Å². The summed E-state index contributed by atoms with van der Waals surface area (Å²) >= 11 is 0. The average molecular weight is 316 g/mol. The fraction of sp³-hybridized carbons (Fsp3) is 0.385. The van der Waals surface area contributed by atoms with Gasteiger partial charge in [-0.2, -0.15) is 0 Å². The third kappa shape index (κ3) is 6.53. The highest BCUT2D eigenvalue weighted by atomic mass is 31.2. The van der Waals surface area contributed by atoms with Crippen molar-refractivity contribution in [3.05, 3.63) is 29.8 Å². The van der Waals surface area contributed by atoms with E-state index in [2.05, 4.69) is 4.74 Å². The molecule has 0 aromatic heterocycles. The van der Waals surface area contributed by atoms with Gasteiger partial charge in [0.2, 0.25) is 0 Å². The van der Waals surface area contributed by atoms with Crippen LogP contribution in [0, 0.1) is 0 Å². The molecule has 0 heterocycles. The third-order valence-corrected chi connectivity index (χ3v) is 3.62. The van der Waals surface area contributed by atoms with E-state index in [0.717, 1.165) is 7.11 Å². The molecule has 0 aliphatic carbocycles. The lowest BCUT2D eigenvalue weighted by molar-refractivity contribution is -0.138. The summed E-state index contributed by atoms with van der Waals surface area (Å²) < 4.78 is 25.7. The lowest BCUT2D eigenvalue weighted by Crippen LogP contribution is -2.09. The molecule has 21 heavy (non-hydrogen) atoms. The van der Waals surface area contributed by atoms with Crippen LogP contribution < -0.4 is 4.74 Å². The Morgan fingerprint density at radius 1 is 1.19 bits per heavy atom. The van der Waals surface area contributed by atoms with E-state index in [1.807, 2.05) is 0 Å². The van der Waals surface area contributed by atoms with Crippen molar-refractivity contribution in [1.29, 1.82) is 0 Å². The van der Waals surface area contributed by atoms with E-state index in [0.29, 0.717) is 11.3 Å². The zero-order valence-corrected chi connectivity index (χ0v) is 12.7. The second-order valence-electron chi connectivity index (χ2n) is 4.12. The van der Waals surface area contributed by atoms with Crippen LogP contribution in [-0.4, -0.2) is 30.1 Å². The fourth-order valence-electron chi connectivity index (χ4n) is 1.31. The minimum atomic E-state index is -4.03. The van der Waals surface area contributed by atoms with Crippen LogP contribution in [0.4, 0.5) is 0 Å². The average Bonchev–Trinajstić information content (AvgIpc) is 2.46. The molecule has 1 N–H and O–H groups in total. The van der Waals surface area contributed by atoms with Gasteiger partial charge in [-0.15, -0.1) is 0 Å². The molecule has 1 rings (SSSR count). The fourth-order valence-corrected chi connectivity index (χ4v) is 2.20. The molecule has 1 aromatic carbocycles. The first-order valence-corrected chi connectivity index (χ1v) is 7.95. The highest BCUT2D eigenvalue weighted by molar-refractivity contribution is 7.53. The van der Waals surface area contributed by atoms with Crippen molar-refractivity contribution < 1.29 is 33.0 Å². The molecule has 0 radical (unpaired) electrons. The summed E-state index contributed by atoms with van der Waals surface area (Å²) in [7, 11) is -2.91. The van der Waals surface area contributed by atoms with Crippen LogP contribution in [-0.2, 0) is 30.0 Å². The third-order valence-electron chi connectivity index (χ3n) is 2.43. The van der Waals surface area contributed by atoms with Gasteiger partial charge in [0.15, 0.2) is 0 Å². The molecule has 0 fully saturated rings. The zero-order chi connectivity index (χ0) is 15.9. The largest absolute Gasteiger partial charge is 0.469 e. The van der Waals surface area contributed by atoms with Gasteiger partial charge in [0, 0.05) is 6.42 Å². The van der Waals surface area contributed by atoms with Crippen LogP contribution in [0.15, 0.2) is 24.3 Å². The quantitative estimate of drug-likeness (QED) is 0.466. The predicted molar refractivity (Wildman–Crippen MR) is 73.9 cm³/mol. The van der Waals surface area contributed by atoms with Gasteiger partial charge in [-0.1, -0.05) is 19.1 Å². The number of benzene rings is 1. The number of rotatable bonds is 7. The van der Waals surface area contributed by atoms with Gasteiger partial charge in [0.05, 0.1) is 13.7 Å². The van der Waals surface area contributed by atoms with Gasteiger partial charge in [0.25, 0.3) is 0 Å². The van der Waals surface area contributed by atoms with Crippen LogP contribution >= 0.6 is 7.60 Å². The number of esters is 2. The van der Waals surface area contributed by atoms with E-state index in [4.69, 9.17) is 9.26 Å². The summed E-state index contributed by atoms with van der Waals surface area (Å²) in [6.45, 7) is 1.54. The number of methoxy groups -OCH3 is 1. The molecule has 0 amide bonds. The van der Waals surface area contributed by atoms with Gasteiger partial charge in [0.1, 0.15) is 11.9 Å². The van der Waals surface area contributed by atoms with Crippen molar-refractivity contribution in [2.24, 2.45) is 0 Å². The van der Waals surface area contributed by atoms with E-state index < -0.39 is 19.7 Å². The van der Waals surface area contributed by atoms with Crippen LogP contribution in [0.25, 0.3) is 0 Å². The molecule has 1 aromatic rings. The van der Waals surface area contributed by atoms with Gasteiger partial charge in [-0.05, 0) is 17.7 Å². The molecule has 0 aliphatic rings. The second kappa shape index (κ2) is 7.93. The minimum absolute atomic E-state index is 0.146. The Balaban J connectivity index is 2.54. The Bertz CT molecular complexity index is 538. The van der Waals surface area contributed by atoms with Crippen molar-refractivity contribution in [3.8, 4) is 5.75 Å². The predicted octanol–water partition coefficient (Wildman–Crippen LogP) is 1.88. The lowest BCUT2D eigenvalue weighted by Gasteiger charge is -2.11. The Morgan fingerprint density at radius 2 is 1.81 bits per heavy atom. The maximum atomic E-state index is 11.6. The number of hydrogen-bond acceptors (Lipinski definition) is 6. The summed E-state index contributed by atoms with van der Waals surface area (Å²) in [4.78, 5) is 31.5. The number of ether oxygens (including phenoxy) is 2. The highest BCUT2D eigenvalue weighted by Gasteiger charge is 2.24. The molecule has 1 unspecified atom stereocenters. The number of carbonyl (C=O) groups is 2. The first-order chi connectivity index (χ1) is 9.86.